The molecule has 0 saturated heterocycles. The van der Waals surface area contributed by atoms with Crippen molar-refractivity contribution in [2.45, 2.75) is 6.92 Å². The molecular formula is C13H9BrClNO3S. The van der Waals surface area contributed by atoms with E-state index in [4.69, 9.17) is 16.7 Å². The zero-order valence-electron chi connectivity index (χ0n) is 10.2. The summed E-state index contributed by atoms with van der Waals surface area (Å²) in [5.74, 6) is -1.34. The summed E-state index contributed by atoms with van der Waals surface area (Å²) in [6.07, 6.45) is 0. The van der Waals surface area contributed by atoms with Crippen molar-refractivity contribution in [1.29, 1.82) is 0 Å². The molecule has 0 aliphatic rings. The number of benzene rings is 1. The van der Waals surface area contributed by atoms with Crippen molar-refractivity contribution in [2.24, 2.45) is 0 Å². The molecule has 0 aliphatic heterocycles. The average molecular weight is 375 g/mol. The second-order valence-corrected chi connectivity index (χ2v) is 6.44. The number of carboxylic acids is 1. The van der Waals surface area contributed by atoms with Gasteiger partial charge >= 0.3 is 5.97 Å². The van der Waals surface area contributed by atoms with E-state index < -0.39 is 5.97 Å². The molecule has 0 radical (unpaired) electrons. The van der Waals surface area contributed by atoms with E-state index in [2.05, 4.69) is 21.2 Å². The van der Waals surface area contributed by atoms with Crippen molar-refractivity contribution < 1.29 is 14.7 Å². The molecule has 1 amide bonds. The van der Waals surface area contributed by atoms with Crippen LogP contribution in [0.3, 0.4) is 0 Å². The van der Waals surface area contributed by atoms with Crippen molar-refractivity contribution in [1.82, 2.24) is 0 Å². The summed E-state index contributed by atoms with van der Waals surface area (Å²) in [5.41, 5.74) is 1.01. The Morgan fingerprint density at radius 1 is 1.30 bits per heavy atom. The molecule has 0 saturated carbocycles. The fourth-order valence-electron chi connectivity index (χ4n) is 1.63. The number of rotatable bonds is 3. The molecule has 0 spiro atoms. The van der Waals surface area contributed by atoms with E-state index in [0.717, 1.165) is 11.3 Å². The first kappa shape index (κ1) is 15.0. The van der Waals surface area contributed by atoms with E-state index in [0.29, 0.717) is 25.6 Å². The van der Waals surface area contributed by atoms with Crippen LogP contribution in [0, 0.1) is 6.92 Å². The SMILES string of the molecule is Cc1cc(NC(=O)c2cc(Cl)cc(Br)c2)sc1C(=O)O. The van der Waals surface area contributed by atoms with Gasteiger partial charge in [0.2, 0.25) is 0 Å². The van der Waals surface area contributed by atoms with E-state index in [1.54, 1.807) is 31.2 Å². The molecule has 0 atom stereocenters. The summed E-state index contributed by atoms with van der Waals surface area (Å²) < 4.78 is 0.698. The zero-order chi connectivity index (χ0) is 14.9. The fraction of sp³-hybridized carbons (Fsp3) is 0.0769. The van der Waals surface area contributed by atoms with Crippen LogP contribution in [-0.4, -0.2) is 17.0 Å². The molecule has 2 rings (SSSR count). The van der Waals surface area contributed by atoms with Crippen molar-refractivity contribution in [2.75, 3.05) is 5.32 Å². The van der Waals surface area contributed by atoms with Crippen LogP contribution < -0.4 is 5.32 Å². The number of carbonyl (C=O) groups is 2. The van der Waals surface area contributed by atoms with Gasteiger partial charge in [0.15, 0.2) is 0 Å². The molecule has 2 N–H and O–H groups in total. The molecule has 20 heavy (non-hydrogen) atoms. The van der Waals surface area contributed by atoms with Gasteiger partial charge in [-0.05, 0) is 36.8 Å². The van der Waals surface area contributed by atoms with Crippen molar-refractivity contribution in [3.63, 3.8) is 0 Å². The van der Waals surface area contributed by atoms with Crippen molar-refractivity contribution in [3.8, 4) is 0 Å². The maximum Gasteiger partial charge on any atom is 0.346 e. The van der Waals surface area contributed by atoms with Crippen molar-refractivity contribution >= 4 is 55.7 Å². The summed E-state index contributed by atoms with van der Waals surface area (Å²) >= 11 is 10.2. The Morgan fingerprint density at radius 2 is 2.00 bits per heavy atom. The number of thiophene rings is 1. The lowest BCUT2D eigenvalue weighted by atomic mass is 10.2. The maximum atomic E-state index is 12.1. The lowest BCUT2D eigenvalue weighted by molar-refractivity contribution is 0.0701. The van der Waals surface area contributed by atoms with Crippen molar-refractivity contribution in [3.05, 3.63) is 49.8 Å². The van der Waals surface area contributed by atoms with Crippen LogP contribution in [-0.2, 0) is 0 Å². The number of carbonyl (C=O) groups excluding carboxylic acids is 1. The van der Waals surface area contributed by atoms with Gasteiger partial charge in [0.25, 0.3) is 5.91 Å². The third-order valence-corrected chi connectivity index (χ3v) is 4.29. The molecule has 1 aromatic carbocycles. The summed E-state index contributed by atoms with van der Waals surface area (Å²) in [4.78, 5) is 23.2. The van der Waals surface area contributed by atoms with Crippen LogP contribution in [0.1, 0.15) is 25.6 Å². The molecular weight excluding hydrogens is 366 g/mol. The smallest absolute Gasteiger partial charge is 0.346 e. The Morgan fingerprint density at radius 3 is 2.55 bits per heavy atom. The summed E-state index contributed by atoms with van der Waals surface area (Å²) in [6, 6.07) is 6.49. The third kappa shape index (κ3) is 3.39. The molecule has 0 unspecified atom stereocenters. The second kappa shape index (κ2) is 5.95. The minimum atomic E-state index is -1.00. The van der Waals surface area contributed by atoms with Crippen LogP contribution in [0.25, 0.3) is 0 Å². The highest BCUT2D eigenvalue weighted by atomic mass is 79.9. The number of halogens is 2. The van der Waals surface area contributed by atoms with E-state index in [1.807, 2.05) is 0 Å². The Kier molecular flexibility index (Phi) is 4.47. The number of aromatic carboxylic acids is 1. The predicted molar refractivity (Wildman–Crippen MR) is 83.1 cm³/mol. The van der Waals surface area contributed by atoms with Gasteiger partial charge < -0.3 is 10.4 Å². The van der Waals surface area contributed by atoms with E-state index in [1.165, 1.54) is 0 Å². The Balaban J connectivity index is 2.23. The Hall–Kier alpha value is -1.37. The van der Waals surface area contributed by atoms with Gasteiger partial charge in [-0.15, -0.1) is 11.3 Å². The number of nitrogens with one attached hydrogen (secondary N) is 1. The number of amides is 1. The zero-order valence-corrected chi connectivity index (χ0v) is 13.4. The van der Waals surface area contributed by atoms with Gasteiger partial charge in [-0.25, -0.2) is 4.79 Å². The van der Waals surface area contributed by atoms with E-state index >= 15 is 0 Å². The van der Waals surface area contributed by atoms with Crippen LogP contribution in [0.2, 0.25) is 5.02 Å². The molecule has 4 nitrogen and oxygen atoms in total. The lowest BCUT2D eigenvalue weighted by Gasteiger charge is -2.03. The maximum absolute atomic E-state index is 12.1. The fourth-order valence-corrected chi connectivity index (χ4v) is 3.39. The first-order valence-corrected chi connectivity index (χ1v) is 7.46. The largest absolute Gasteiger partial charge is 0.477 e. The lowest BCUT2D eigenvalue weighted by Crippen LogP contribution is -2.10. The average Bonchev–Trinajstić information content (AvgIpc) is 2.69. The molecule has 0 aliphatic carbocycles. The first-order chi connectivity index (χ1) is 9.36. The number of hydrogen-bond acceptors (Lipinski definition) is 3. The molecule has 1 aromatic heterocycles. The number of aryl methyl sites for hydroxylation is 1. The standard InChI is InChI=1S/C13H9BrClNO3S/c1-6-2-10(20-11(6)13(18)19)16-12(17)7-3-8(14)5-9(15)4-7/h2-5H,1H3,(H,16,17)(H,18,19). The monoisotopic (exact) mass is 373 g/mol. The third-order valence-electron chi connectivity index (χ3n) is 2.47. The molecule has 0 fully saturated rings. The minimum absolute atomic E-state index is 0.215. The van der Waals surface area contributed by atoms with Gasteiger partial charge in [-0.2, -0.15) is 0 Å². The van der Waals surface area contributed by atoms with Crippen LogP contribution in [0.5, 0.6) is 0 Å². The van der Waals surface area contributed by atoms with Gasteiger partial charge in [0.1, 0.15) is 4.88 Å². The summed E-state index contributed by atoms with van der Waals surface area (Å²) in [6.45, 7) is 1.69. The van der Waals surface area contributed by atoms with Gasteiger partial charge in [-0.3, -0.25) is 4.79 Å². The van der Waals surface area contributed by atoms with Crippen LogP contribution in [0.4, 0.5) is 5.00 Å². The van der Waals surface area contributed by atoms with Gasteiger partial charge in [0, 0.05) is 15.1 Å². The molecule has 7 heteroatoms. The highest BCUT2D eigenvalue weighted by molar-refractivity contribution is 9.10. The summed E-state index contributed by atoms with van der Waals surface area (Å²) in [7, 11) is 0. The first-order valence-electron chi connectivity index (χ1n) is 5.48. The number of anilines is 1. The highest BCUT2D eigenvalue weighted by Gasteiger charge is 2.15. The molecule has 1 heterocycles. The number of carboxylic acid groups (broad SMARTS) is 1. The second-order valence-electron chi connectivity index (χ2n) is 4.04. The van der Waals surface area contributed by atoms with Gasteiger partial charge in [0.05, 0.1) is 5.00 Å². The number of hydrogen-bond donors (Lipinski definition) is 2. The minimum Gasteiger partial charge on any atom is -0.477 e. The van der Waals surface area contributed by atoms with Crippen LogP contribution in [0.15, 0.2) is 28.7 Å². The van der Waals surface area contributed by atoms with Gasteiger partial charge in [-0.1, -0.05) is 27.5 Å². The molecule has 2 aromatic rings. The predicted octanol–water partition coefficient (Wildman–Crippen LogP) is 4.42. The highest BCUT2D eigenvalue weighted by Crippen LogP contribution is 2.27. The quantitative estimate of drug-likeness (QED) is 0.835. The topological polar surface area (TPSA) is 66.4 Å². The Bertz CT molecular complexity index is 679. The Labute approximate surface area is 132 Å². The van der Waals surface area contributed by atoms with E-state index in [9.17, 15) is 9.59 Å². The molecule has 0 bridgehead atoms. The molecule has 104 valence electrons. The van der Waals surface area contributed by atoms with Crippen LogP contribution >= 0.6 is 38.9 Å². The normalized spacial score (nSPS) is 10.3. The summed E-state index contributed by atoms with van der Waals surface area (Å²) in [5, 5.41) is 12.6. The van der Waals surface area contributed by atoms with E-state index in [-0.39, 0.29) is 10.8 Å².